The highest BCUT2D eigenvalue weighted by molar-refractivity contribution is 7.97. The van der Waals surface area contributed by atoms with Gasteiger partial charge >= 0.3 is 0 Å². The highest BCUT2D eigenvalue weighted by Crippen LogP contribution is 2.01. The fourth-order valence-electron chi connectivity index (χ4n) is 0.456. The second-order valence-electron chi connectivity index (χ2n) is 2.24. The maximum atomic E-state index is 8.93. The van der Waals surface area contributed by atoms with E-state index >= 15 is 0 Å². The molecule has 0 atom stereocenters. The molecule has 0 fully saturated rings. The summed E-state index contributed by atoms with van der Waals surface area (Å²) in [7, 11) is 0. The zero-order valence-corrected chi connectivity index (χ0v) is 6.57. The Labute approximate surface area is 54.7 Å². The van der Waals surface area contributed by atoms with E-state index in [4.69, 9.17) is 5.11 Å². The second kappa shape index (κ2) is 4.10. The van der Waals surface area contributed by atoms with Crippen molar-refractivity contribution >= 4 is 16.4 Å². The molecular weight excluding hydrogens is 120 g/mol. The van der Waals surface area contributed by atoms with E-state index in [-0.39, 0.29) is 0 Å². The highest BCUT2D eigenvalue weighted by Gasteiger charge is 1.94. The van der Waals surface area contributed by atoms with Gasteiger partial charge < -0.3 is 5.11 Å². The van der Waals surface area contributed by atoms with Crippen LogP contribution in [0.2, 0.25) is 0 Å². The molecule has 0 aromatic heterocycles. The van der Waals surface area contributed by atoms with E-state index in [1.807, 2.05) is 6.26 Å². The highest BCUT2D eigenvalue weighted by atomic mass is 32.1. The van der Waals surface area contributed by atoms with Crippen LogP contribution in [0.3, 0.4) is 0 Å². The first kappa shape index (κ1) is 8.18. The molecule has 50 valence electrons. The summed E-state index contributed by atoms with van der Waals surface area (Å²) in [5.41, 5.74) is 0. The van der Waals surface area contributed by atoms with E-state index < -0.39 is 0 Å². The molecule has 0 saturated carbocycles. The monoisotopic (exact) mass is 134 g/mol. The molecule has 0 spiro atoms. The Morgan fingerprint density at radius 1 is 1.62 bits per heavy atom. The minimum atomic E-state index is 0.586. The molecular formula is C6H14OS. The molecule has 0 aromatic carbocycles. The standard InChI is InChI=1S/C6H14OS/c1-5(2)4-6(7)8-3/h5,7-8H,4H2,1-3H3. The molecule has 0 rings (SSSR count). The number of aliphatic hydroxyl groups excluding tert-OH is 1. The summed E-state index contributed by atoms with van der Waals surface area (Å²) in [6.45, 7) is 4.20. The summed E-state index contributed by atoms with van der Waals surface area (Å²) in [6.07, 6.45) is 2.79. The minimum absolute atomic E-state index is 0.586. The van der Waals surface area contributed by atoms with Crippen molar-refractivity contribution in [3.8, 4) is 0 Å². The molecule has 0 aromatic rings. The predicted octanol–water partition coefficient (Wildman–Crippen LogP) is 1.82. The van der Waals surface area contributed by atoms with Crippen molar-refractivity contribution in [1.29, 1.82) is 0 Å². The third-order valence-corrected chi connectivity index (χ3v) is 1.55. The molecule has 0 aliphatic carbocycles. The maximum absolute atomic E-state index is 8.93. The number of rotatable bonds is 2. The van der Waals surface area contributed by atoms with Crippen molar-refractivity contribution in [2.45, 2.75) is 20.3 Å². The molecule has 0 aliphatic rings. The largest absolute Gasteiger partial charge is 0.360 e. The zero-order chi connectivity index (χ0) is 6.57. The quantitative estimate of drug-likeness (QED) is 0.436. The average Bonchev–Trinajstić information content (AvgIpc) is 1.65. The van der Waals surface area contributed by atoms with Gasteiger partial charge in [0.1, 0.15) is 0 Å². The SMILES string of the molecule is C[SH]=C(O)CC(C)C. The van der Waals surface area contributed by atoms with Crippen molar-refractivity contribution in [2.24, 2.45) is 5.92 Å². The zero-order valence-electron chi connectivity index (χ0n) is 5.68. The van der Waals surface area contributed by atoms with Gasteiger partial charge in [-0.1, -0.05) is 13.8 Å². The van der Waals surface area contributed by atoms with Crippen LogP contribution in [0.4, 0.5) is 0 Å². The van der Waals surface area contributed by atoms with Gasteiger partial charge in [0, 0.05) is 6.42 Å². The van der Waals surface area contributed by atoms with Crippen molar-refractivity contribution in [3.05, 3.63) is 0 Å². The van der Waals surface area contributed by atoms with Crippen LogP contribution in [-0.4, -0.2) is 16.4 Å². The van der Waals surface area contributed by atoms with Gasteiger partial charge in [-0.25, -0.2) is 0 Å². The van der Waals surface area contributed by atoms with Crippen LogP contribution in [0, 0.1) is 5.92 Å². The smallest absolute Gasteiger partial charge is 0.0694 e. The molecule has 8 heavy (non-hydrogen) atoms. The topological polar surface area (TPSA) is 20.2 Å². The van der Waals surface area contributed by atoms with Gasteiger partial charge in [-0.3, -0.25) is 0 Å². The van der Waals surface area contributed by atoms with Crippen LogP contribution < -0.4 is 0 Å². The number of hydrogen-bond acceptors (Lipinski definition) is 0. The molecule has 0 radical (unpaired) electrons. The Bertz CT molecular complexity index is 86.5. The second-order valence-corrected chi connectivity index (χ2v) is 3.20. The Morgan fingerprint density at radius 2 is 2.12 bits per heavy atom. The molecule has 0 amide bonds. The van der Waals surface area contributed by atoms with Gasteiger partial charge in [0.25, 0.3) is 0 Å². The van der Waals surface area contributed by atoms with Crippen molar-refractivity contribution in [2.75, 3.05) is 6.26 Å². The first-order valence-corrected chi connectivity index (χ1v) is 4.15. The minimum Gasteiger partial charge on any atom is -0.360 e. The van der Waals surface area contributed by atoms with Gasteiger partial charge in [0.15, 0.2) is 0 Å². The van der Waals surface area contributed by atoms with Crippen molar-refractivity contribution < 1.29 is 5.11 Å². The molecule has 0 saturated heterocycles. The van der Waals surface area contributed by atoms with Crippen LogP contribution in [0.25, 0.3) is 0 Å². The Kier molecular flexibility index (Phi) is 4.19. The van der Waals surface area contributed by atoms with E-state index in [1.165, 1.54) is 0 Å². The van der Waals surface area contributed by atoms with E-state index in [0.717, 1.165) is 17.8 Å². The van der Waals surface area contributed by atoms with E-state index in [0.29, 0.717) is 11.0 Å². The molecule has 0 aliphatic heterocycles. The fraction of sp³-hybridized carbons (Fsp3) is 0.833. The van der Waals surface area contributed by atoms with E-state index in [9.17, 15) is 0 Å². The lowest BCUT2D eigenvalue weighted by Gasteiger charge is -2.00. The average molecular weight is 134 g/mol. The lowest BCUT2D eigenvalue weighted by Crippen LogP contribution is -1.98. The lowest BCUT2D eigenvalue weighted by atomic mass is 10.1. The summed E-state index contributed by atoms with van der Waals surface area (Å²) < 4.78 is 0. The Morgan fingerprint density at radius 3 is 2.25 bits per heavy atom. The fourth-order valence-corrected chi connectivity index (χ4v) is 1.00. The van der Waals surface area contributed by atoms with Gasteiger partial charge in [-0.05, 0) is 12.2 Å². The van der Waals surface area contributed by atoms with E-state index in [1.54, 1.807) is 0 Å². The van der Waals surface area contributed by atoms with Crippen LogP contribution in [0.1, 0.15) is 20.3 Å². The predicted molar refractivity (Wildman–Crippen MR) is 42.0 cm³/mol. The maximum Gasteiger partial charge on any atom is 0.0694 e. The lowest BCUT2D eigenvalue weighted by molar-refractivity contribution is 0.519. The van der Waals surface area contributed by atoms with Crippen LogP contribution in [0.5, 0.6) is 0 Å². The number of thiol groups is 1. The Hall–Kier alpha value is 0.180. The van der Waals surface area contributed by atoms with Gasteiger partial charge in [-0.2, -0.15) is 11.4 Å². The van der Waals surface area contributed by atoms with Crippen LogP contribution in [-0.2, 0) is 0 Å². The molecule has 1 nitrogen and oxygen atoms in total. The van der Waals surface area contributed by atoms with Gasteiger partial charge in [0.2, 0.25) is 0 Å². The van der Waals surface area contributed by atoms with Gasteiger partial charge in [-0.15, -0.1) is 0 Å². The summed E-state index contributed by atoms with van der Waals surface area (Å²) in [4.78, 5) is 0. The number of hydrogen-bond donors (Lipinski definition) is 2. The summed E-state index contributed by atoms with van der Waals surface area (Å²) >= 11 is 1.01. The van der Waals surface area contributed by atoms with Crippen molar-refractivity contribution in [1.82, 2.24) is 0 Å². The Balaban J connectivity index is 3.39. The van der Waals surface area contributed by atoms with Crippen LogP contribution in [0.15, 0.2) is 0 Å². The summed E-state index contributed by atoms with van der Waals surface area (Å²) in [5, 5.41) is 9.53. The molecule has 2 heteroatoms. The van der Waals surface area contributed by atoms with E-state index in [2.05, 4.69) is 13.8 Å². The molecule has 0 unspecified atom stereocenters. The first-order chi connectivity index (χ1) is 3.66. The number of aliphatic hydroxyl groups is 1. The van der Waals surface area contributed by atoms with Crippen LogP contribution >= 0.6 is 11.4 Å². The summed E-state index contributed by atoms with van der Waals surface area (Å²) in [6, 6.07) is 0. The van der Waals surface area contributed by atoms with Crippen molar-refractivity contribution in [3.63, 3.8) is 0 Å². The van der Waals surface area contributed by atoms with Gasteiger partial charge in [0.05, 0.1) is 5.05 Å². The normalized spacial score (nSPS) is 13.9. The third kappa shape index (κ3) is 4.34. The summed E-state index contributed by atoms with van der Waals surface area (Å²) in [5.74, 6) is 0.586. The third-order valence-electron chi connectivity index (χ3n) is 0.849. The molecule has 0 heterocycles. The molecule has 0 bridgehead atoms. The molecule has 1 N–H and O–H groups in total. The first-order valence-electron chi connectivity index (χ1n) is 2.81.